The molecule has 0 saturated carbocycles. The number of benzene rings is 2. The normalized spacial score (nSPS) is 12.5. The summed E-state index contributed by atoms with van der Waals surface area (Å²) in [7, 11) is 2.22. The van der Waals surface area contributed by atoms with Crippen LogP contribution in [0.3, 0.4) is 0 Å². The molecule has 34 heavy (non-hydrogen) atoms. The predicted molar refractivity (Wildman–Crippen MR) is 146 cm³/mol. The first kappa shape index (κ1) is 32.2. The van der Waals surface area contributed by atoms with Gasteiger partial charge in [-0.2, -0.15) is 0 Å². The molecule has 0 saturated heterocycles. The van der Waals surface area contributed by atoms with Gasteiger partial charge in [-0.1, -0.05) is 0 Å². The molecule has 0 spiro atoms. The van der Waals surface area contributed by atoms with E-state index in [2.05, 4.69) is 119 Å². The maximum absolute atomic E-state index is 4.00. The number of hydrogen-bond donors (Lipinski definition) is 1. The minimum absolute atomic E-state index is 0. The quantitative estimate of drug-likeness (QED) is 0.181. The standard InChI is InChI=1S/C29H44N2S.Hf.Hg/c1-18-15-19(2)22(5)26(21(18)4)31(13)23-16-20(3)25(24(17-23)32-14)30-29(11,12)28(9,10)27(6,7)8;;/h15,30H,1-14H3;;/q-1;;. The summed E-state index contributed by atoms with van der Waals surface area (Å²) < 4.78 is 1.47. The van der Waals surface area contributed by atoms with E-state index in [1.165, 1.54) is 52.8 Å². The van der Waals surface area contributed by atoms with Crippen LogP contribution in [0.15, 0.2) is 11.0 Å². The molecule has 0 fully saturated rings. The summed E-state index contributed by atoms with van der Waals surface area (Å²) in [5.74, 6) is 0. The second kappa shape index (κ2) is 11.3. The van der Waals surface area contributed by atoms with Gasteiger partial charge >= 0.3 is 226 Å². The average Bonchev–Trinajstić information content (AvgIpc) is 2.68. The van der Waals surface area contributed by atoms with Gasteiger partial charge in [0, 0.05) is 25.8 Å². The second-order valence-corrected chi connectivity index (χ2v) is 15.3. The van der Waals surface area contributed by atoms with Crippen molar-refractivity contribution in [3.05, 3.63) is 39.9 Å². The molecule has 0 aliphatic rings. The van der Waals surface area contributed by atoms with Gasteiger partial charge in [0.2, 0.25) is 0 Å². The maximum atomic E-state index is 4.00. The first-order valence-electron chi connectivity index (χ1n) is 11.9. The molecule has 5 heteroatoms. The average molecular weight is 832 g/mol. The number of hydrogen-bond acceptors (Lipinski definition) is 3. The molecular weight excluding hydrogens is 787 g/mol. The molecule has 0 aromatic heterocycles. The Morgan fingerprint density at radius 1 is 0.912 bits per heavy atom. The third kappa shape index (κ3) is 5.85. The topological polar surface area (TPSA) is 15.3 Å². The molecule has 0 heterocycles. The summed E-state index contributed by atoms with van der Waals surface area (Å²) in [6.07, 6.45) is 2.22. The monoisotopic (exact) mass is 834 g/mol. The Hall–Kier alpha value is 0.195. The van der Waals surface area contributed by atoms with E-state index in [1.54, 1.807) is 0 Å². The van der Waals surface area contributed by atoms with Gasteiger partial charge in [-0.15, -0.1) is 0 Å². The van der Waals surface area contributed by atoms with E-state index in [0.717, 1.165) is 0 Å². The van der Waals surface area contributed by atoms with Gasteiger partial charge in [0.05, 0.1) is 0 Å². The molecule has 2 nitrogen and oxygen atoms in total. The molecule has 0 bridgehead atoms. The van der Waals surface area contributed by atoms with E-state index >= 15 is 0 Å². The van der Waals surface area contributed by atoms with Crippen molar-refractivity contribution >= 4 is 31.9 Å². The van der Waals surface area contributed by atoms with Crippen LogP contribution < -0.4 is 13.3 Å². The van der Waals surface area contributed by atoms with E-state index in [-0.39, 0.29) is 42.2 Å². The van der Waals surface area contributed by atoms with Crippen LogP contribution in [0, 0.1) is 51.5 Å². The fourth-order valence-electron chi connectivity index (χ4n) is 4.62. The minimum atomic E-state index is -0.0806. The van der Waals surface area contributed by atoms with Gasteiger partial charge in [-0.05, 0) is 0 Å². The molecule has 1 N–H and O–H groups in total. The van der Waals surface area contributed by atoms with Crippen molar-refractivity contribution in [3.8, 4) is 0 Å². The summed E-state index contributed by atoms with van der Waals surface area (Å²) >= 11 is 2.33. The summed E-state index contributed by atoms with van der Waals surface area (Å²) in [5, 5.41) is 4.00. The van der Waals surface area contributed by atoms with E-state index in [9.17, 15) is 0 Å². The molecule has 183 valence electrons. The molecule has 0 unspecified atom stereocenters. The van der Waals surface area contributed by atoms with E-state index < -0.39 is 0 Å². The number of rotatable bonds is 6. The van der Waals surface area contributed by atoms with Crippen LogP contribution in [-0.4, -0.2) is 18.8 Å². The first-order chi connectivity index (χ1) is 14.9. The van der Waals surface area contributed by atoms with Gasteiger partial charge in [-0.3, -0.25) is 0 Å². The molecule has 2 rings (SSSR count). The zero-order valence-corrected chi connectivity index (χ0v) is 34.0. The summed E-state index contributed by atoms with van der Waals surface area (Å²) in [6, 6.07) is 6.13. The zero-order valence-electron chi connectivity index (χ0n) is 24.1. The van der Waals surface area contributed by atoms with Crippen molar-refractivity contribution in [2.75, 3.05) is 23.5 Å². The van der Waals surface area contributed by atoms with Gasteiger partial charge in [0.25, 0.3) is 0 Å². The molecule has 0 aliphatic heterocycles. The number of nitrogens with zero attached hydrogens (tertiary/aromatic N) is 1. The largest absolute Gasteiger partial charge is 0 e. The van der Waals surface area contributed by atoms with Crippen LogP contribution in [0.4, 0.5) is 17.1 Å². The third-order valence-corrected chi connectivity index (χ3v) is 13.1. The summed E-state index contributed by atoms with van der Waals surface area (Å²) in [5.41, 5.74) is 10.6. The Balaban J connectivity index is 0.00000578. The molecule has 0 amide bonds. The van der Waals surface area contributed by atoms with Gasteiger partial charge in [-0.25, -0.2) is 0 Å². The summed E-state index contributed by atoms with van der Waals surface area (Å²) in [4.78, 5) is 3.79. The number of anilines is 3. The van der Waals surface area contributed by atoms with Gasteiger partial charge < -0.3 is 0 Å². The number of aryl methyl sites for hydroxylation is 3. The Labute approximate surface area is 249 Å². The Bertz CT molecular complexity index is 1030. The van der Waals surface area contributed by atoms with E-state index in [0.29, 0.717) is 26.1 Å². The molecule has 0 radical (unpaired) electrons. The van der Waals surface area contributed by atoms with Crippen molar-refractivity contribution in [2.24, 2.45) is 10.8 Å². The Morgan fingerprint density at radius 2 is 1.38 bits per heavy atom. The predicted octanol–water partition coefficient (Wildman–Crippen LogP) is 7.95. The molecule has 0 aliphatic carbocycles. The molecule has 0 atom stereocenters. The fraction of sp³-hybridized carbons (Fsp3) is 0.586. The molecule has 2 aromatic carbocycles. The Kier molecular flexibility index (Phi) is 10.7. The van der Waals surface area contributed by atoms with Crippen LogP contribution in [0.1, 0.15) is 76.3 Å². The fourth-order valence-corrected chi connectivity index (χ4v) is 9.01. The van der Waals surface area contributed by atoms with Crippen molar-refractivity contribution in [1.29, 1.82) is 0 Å². The minimum Gasteiger partial charge on any atom is 0 e. The van der Waals surface area contributed by atoms with E-state index in [4.69, 9.17) is 0 Å². The molecule has 2 aromatic rings. The third-order valence-electron chi connectivity index (χ3n) is 8.54. The molecular formula is C29H44HfHgN2S-. The first-order valence-corrected chi connectivity index (χ1v) is 15.9. The SMILES string of the molecule is CSc1[c]([Hg])c(N(C)c2c(C)c(C)cc(C)c2C)[c-]c(C)c1NC(C)(C)C(C)(C)C(C)(C)C.[Hf]. The van der Waals surface area contributed by atoms with Gasteiger partial charge in [0.15, 0.2) is 0 Å². The van der Waals surface area contributed by atoms with Crippen molar-refractivity contribution in [2.45, 2.75) is 93.5 Å². The smallest absolute Gasteiger partial charge is 0 e. The second-order valence-electron chi connectivity index (χ2n) is 11.8. The van der Waals surface area contributed by atoms with Crippen LogP contribution in [0.5, 0.6) is 0 Å². The van der Waals surface area contributed by atoms with Crippen molar-refractivity contribution in [1.82, 2.24) is 0 Å². The maximum Gasteiger partial charge on any atom is 0 e. The van der Waals surface area contributed by atoms with Crippen LogP contribution in [0.25, 0.3) is 0 Å². The zero-order chi connectivity index (χ0) is 25.7. The van der Waals surface area contributed by atoms with Crippen molar-refractivity contribution < 1.29 is 52.0 Å². The van der Waals surface area contributed by atoms with E-state index in [1.807, 2.05) is 11.8 Å². The summed E-state index contributed by atoms with van der Waals surface area (Å²) in [6.45, 7) is 27.7. The van der Waals surface area contributed by atoms with Gasteiger partial charge in [0.1, 0.15) is 0 Å². The van der Waals surface area contributed by atoms with Crippen LogP contribution in [0.2, 0.25) is 0 Å². The van der Waals surface area contributed by atoms with Crippen LogP contribution >= 0.6 is 11.8 Å². The van der Waals surface area contributed by atoms with Crippen LogP contribution in [-0.2, 0) is 52.0 Å². The number of nitrogens with one attached hydrogen (secondary N) is 1. The number of thioether (sulfide) groups is 1. The van der Waals surface area contributed by atoms with Crippen molar-refractivity contribution in [3.63, 3.8) is 0 Å². The Morgan fingerprint density at radius 3 is 1.79 bits per heavy atom.